The minimum atomic E-state index is -0.782. The third-order valence-corrected chi connectivity index (χ3v) is 2.06. The molecule has 0 aliphatic carbocycles. The van der Waals surface area contributed by atoms with E-state index in [4.69, 9.17) is 0 Å². The molecule has 0 radical (unpaired) electrons. The van der Waals surface area contributed by atoms with Crippen LogP contribution in [0.25, 0.3) is 0 Å². The average molecular weight is 241 g/mol. The number of nitro groups is 1. The molecular weight excluding hydrogens is 229 g/mol. The summed E-state index contributed by atoms with van der Waals surface area (Å²) in [7, 11) is 1.71. The smallest absolute Gasteiger partial charge is 0.285 e. The molecule has 1 amide bonds. The van der Waals surface area contributed by atoms with Crippen molar-refractivity contribution in [3.05, 3.63) is 39.7 Å². The van der Waals surface area contributed by atoms with Gasteiger partial charge in [-0.25, -0.2) is 4.39 Å². The lowest BCUT2D eigenvalue weighted by Crippen LogP contribution is -2.30. The van der Waals surface area contributed by atoms with Gasteiger partial charge in [-0.3, -0.25) is 14.9 Å². The second-order valence-electron chi connectivity index (χ2n) is 3.28. The van der Waals surface area contributed by atoms with Crippen molar-refractivity contribution in [1.29, 1.82) is 0 Å². The van der Waals surface area contributed by atoms with Crippen LogP contribution >= 0.6 is 0 Å². The van der Waals surface area contributed by atoms with Crippen molar-refractivity contribution in [3.8, 4) is 0 Å². The van der Waals surface area contributed by atoms with Crippen molar-refractivity contribution in [2.75, 3.05) is 20.1 Å². The summed E-state index contributed by atoms with van der Waals surface area (Å²) in [4.78, 5) is 21.5. The summed E-state index contributed by atoms with van der Waals surface area (Å²) in [6, 6.07) is 2.84. The fourth-order valence-electron chi connectivity index (χ4n) is 1.24. The second kappa shape index (κ2) is 5.90. The van der Waals surface area contributed by atoms with Crippen molar-refractivity contribution in [1.82, 2.24) is 10.6 Å². The highest BCUT2D eigenvalue weighted by Gasteiger charge is 2.20. The number of amides is 1. The molecule has 0 bridgehead atoms. The van der Waals surface area contributed by atoms with Gasteiger partial charge < -0.3 is 10.6 Å². The molecule has 7 heteroatoms. The number of nitro benzene ring substituents is 1. The Morgan fingerprint density at radius 1 is 1.47 bits per heavy atom. The number of hydrogen-bond acceptors (Lipinski definition) is 4. The van der Waals surface area contributed by atoms with Crippen LogP contribution < -0.4 is 10.6 Å². The molecule has 0 heterocycles. The molecule has 0 aromatic heterocycles. The van der Waals surface area contributed by atoms with Crippen molar-refractivity contribution >= 4 is 11.6 Å². The van der Waals surface area contributed by atoms with Gasteiger partial charge in [0.1, 0.15) is 11.4 Å². The Morgan fingerprint density at radius 3 is 2.76 bits per heavy atom. The number of hydrogen-bond donors (Lipinski definition) is 2. The number of likely N-dealkylation sites (N-methyl/N-ethyl adjacent to an activating group) is 1. The Kier molecular flexibility index (Phi) is 4.53. The normalized spacial score (nSPS) is 10.0. The largest absolute Gasteiger partial charge is 0.351 e. The zero-order chi connectivity index (χ0) is 12.8. The summed E-state index contributed by atoms with van der Waals surface area (Å²) in [6.07, 6.45) is 0. The minimum Gasteiger partial charge on any atom is -0.351 e. The van der Waals surface area contributed by atoms with Gasteiger partial charge in [0.25, 0.3) is 11.6 Å². The highest BCUT2D eigenvalue weighted by molar-refractivity contribution is 5.98. The van der Waals surface area contributed by atoms with Gasteiger partial charge in [-0.2, -0.15) is 0 Å². The highest BCUT2D eigenvalue weighted by atomic mass is 19.1. The van der Waals surface area contributed by atoms with Crippen LogP contribution in [0.2, 0.25) is 0 Å². The predicted molar refractivity (Wildman–Crippen MR) is 59.3 cm³/mol. The van der Waals surface area contributed by atoms with Crippen molar-refractivity contribution in [2.45, 2.75) is 0 Å². The lowest BCUT2D eigenvalue weighted by atomic mass is 10.1. The maximum Gasteiger partial charge on any atom is 0.285 e. The topological polar surface area (TPSA) is 84.3 Å². The van der Waals surface area contributed by atoms with Crippen LogP contribution in [0, 0.1) is 15.9 Å². The number of benzene rings is 1. The van der Waals surface area contributed by atoms with Gasteiger partial charge in [0, 0.05) is 13.1 Å². The van der Waals surface area contributed by atoms with Crippen molar-refractivity contribution in [2.24, 2.45) is 0 Å². The fourth-order valence-corrected chi connectivity index (χ4v) is 1.24. The molecule has 0 aliphatic rings. The molecular formula is C10H12FN3O3. The van der Waals surface area contributed by atoms with E-state index in [1.807, 2.05) is 0 Å². The molecule has 0 fully saturated rings. The lowest BCUT2D eigenvalue weighted by molar-refractivity contribution is -0.385. The first-order valence-corrected chi connectivity index (χ1v) is 4.93. The number of nitrogens with one attached hydrogen (secondary N) is 2. The molecule has 1 rings (SSSR count). The van der Waals surface area contributed by atoms with Crippen LogP contribution in [-0.2, 0) is 0 Å². The monoisotopic (exact) mass is 241 g/mol. The molecule has 2 N–H and O–H groups in total. The van der Waals surface area contributed by atoms with Crippen LogP contribution in [0.1, 0.15) is 10.4 Å². The Morgan fingerprint density at radius 2 is 2.18 bits per heavy atom. The van der Waals surface area contributed by atoms with E-state index in [9.17, 15) is 19.3 Å². The van der Waals surface area contributed by atoms with E-state index in [0.29, 0.717) is 13.1 Å². The van der Waals surface area contributed by atoms with E-state index in [2.05, 4.69) is 10.6 Å². The Balaban J connectivity index is 2.89. The van der Waals surface area contributed by atoms with Gasteiger partial charge in [0.15, 0.2) is 0 Å². The average Bonchev–Trinajstić information content (AvgIpc) is 2.29. The predicted octanol–water partition coefficient (Wildman–Crippen LogP) is 0.683. The van der Waals surface area contributed by atoms with Gasteiger partial charge in [-0.05, 0) is 19.2 Å². The van der Waals surface area contributed by atoms with Crippen LogP contribution in [0.15, 0.2) is 18.2 Å². The Bertz CT molecular complexity index is 437. The van der Waals surface area contributed by atoms with Crippen LogP contribution in [0.3, 0.4) is 0 Å². The molecule has 0 saturated heterocycles. The quantitative estimate of drug-likeness (QED) is 0.451. The third kappa shape index (κ3) is 3.49. The van der Waals surface area contributed by atoms with E-state index in [1.54, 1.807) is 7.05 Å². The number of carbonyl (C=O) groups is 1. The van der Waals surface area contributed by atoms with Gasteiger partial charge in [-0.1, -0.05) is 0 Å². The molecule has 0 saturated carbocycles. The maximum absolute atomic E-state index is 12.8. The molecule has 1 aromatic rings. The van der Waals surface area contributed by atoms with E-state index < -0.39 is 22.3 Å². The first-order chi connectivity index (χ1) is 8.06. The maximum atomic E-state index is 12.8. The van der Waals surface area contributed by atoms with Gasteiger partial charge >= 0.3 is 0 Å². The number of carbonyl (C=O) groups excluding carboxylic acids is 1. The Hall–Kier alpha value is -2.02. The van der Waals surface area contributed by atoms with Gasteiger partial charge in [0.05, 0.1) is 11.0 Å². The zero-order valence-electron chi connectivity index (χ0n) is 9.20. The van der Waals surface area contributed by atoms with E-state index in [-0.39, 0.29) is 5.56 Å². The summed E-state index contributed by atoms with van der Waals surface area (Å²) >= 11 is 0. The van der Waals surface area contributed by atoms with Crippen LogP contribution in [-0.4, -0.2) is 31.0 Å². The van der Waals surface area contributed by atoms with Gasteiger partial charge in [-0.15, -0.1) is 0 Å². The van der Waals surface area contributed by atoms with E-state index in [0.717, 1.165) is 18.2 Å². The summed E-state index contributed by atoms with van der Waals surface area (Å²) in [5, 5.41) is 16.0. The number of rotatable bonds is 5. The van der Waals surface area contributed by atoms with Crippen molar-refractivity contribution in [3.63, 3.8) is 0 Å². The first-order valence-electron chi connectivity index (χ1n) is 4.93. The molecule has 0 atom stereocenters. The molecule has 17 heavy (non-hydrogen) atoms. The van der Waals surface area contributed by atoms with Crippen LogP contribution in [0.5, 0.6) is 0 Å². The van der Waals surface area contributed by atoms with E-state index >= 15 is 0 Å². The fraction of sp³-hybridized carbons (Fsp3) is 0.300. The Labute approximate surface area is 97.0 Å². The second-order valence-corrected chi connectivity index (χ2v) is 3.28. The van der Waals surface area contributed by atoms with E-state index in [1.165, 1.54) is 0 Å². The minimum absolute atomic E-state index is 0.146. The standard InChI is InChI=1S/C10H12FN3O3/c1-12-4-5-13-10(15)8-3-2-7(11)6-9(8)14(16)17/h2-3,6,12H,4-5H2,1H3,(H,13,15). The highest BCUT2D eigenvalue weighted by Crippen LogP contribution is 2.19. The number of halogens is 1. The molecule has 0 aliphatic heterocycles. The summed E-state index contributed by atoms with van der Waals surface area (Å²) in [6.45, 7) is 0.880. The lowest BCUT2D eigenvalue weighted by Gasteiger charge is -2.05. The molecule has 0 unspecified atom stereocenters. The number of nitrogens with zero attached hydrogens (tertiary/aromatic N) is 1. The first kappa shape index (κ1) is 13.0. The summed E-state index contributed by atoms with van der Waals surface area (Å²) < 4.78 is 12.8. The summed E-state index contributed by atoms with van der Waals surface area (Å²) in [5.41, 5.74) is -0.681. The third-order valence-electron chi connectivity index (χ3n) is 2.06. The zero-order valence-corrected chi connectivity index (χ0v) is 9.20. The summed E-state index contributed by atoms with van der Waals surface area (Å²) in [5.74, 6) is -1.34. The van der Waals surface area contributed by atoms with Crippen LogP contribution in [0.4, 0.5) is 10.1 Å². The molecule has 1 aromatic carbocycles. The molecule has 6 nitrogen and oxygen atoms in total. The van der Waals surface area contributed by atoms with Gasteiger partial charge in [0.2, 0.25) is 0 Å². The SMILES string of the molecule is CNCCNC(=O)c1ccc(F)cc1[N+](=O)[O-]. The molecule has 0 spiro atoms. The molecule has 92 valence electrons. The van der Waals surface area contributed by atoms with Crippen molar-refractivity contribution < 1.29 is 14.1 Å².